The van der Waals surface area contributed by atoms with E-state index in [-0.39, 0.29) is 30.0 Å². The molecule has 1 spiro atoms. The molecule has 3 nitrogen and oxygen atoms in total. The van der Waals surface area contributed by atoms with Crippen LogP contribution in [0.2, 0.25) is 0 Å². The van der Waals surface area contributed by atoms with E-state index in [9.17, 15) is 22.4 Å². The first-order valence-electron chi connectivity index (χ1n) is 8.06. The van der Waals surface area contributed by atoms with Gasteiger partial charge in [-0.1, -0.05) is 0 Å². The molecule has 0 N–H and O–H groups in total. The van der Waals surface area contributed by atoms with Crippen molar-refractivity contribution in [3.8, 4) is 0 Å². The maximum Gasteiger partial charge on any atom is 0.416 e. The second-order valence-corrected chi connectivity index (χ2v) is 6.50. The zero-order valence-electron chi connectivity index (χ0n) is 13.2. The highest BCUT2D eigenvalue weighted by molar-refractivity contribution is 5.76. The molecular weight excluding hydrogens is 326 g/mol. The van der Waals surface area contributed by atoms with Gasteiger partial charge in [0, 0.05) is 26.1 Å². The molecule has 1 unspecified atom stereocenters. The van der Waals surface area contributed by atoms with Crippen LogP contribution in [-0.2, 0) is 22.3 Å². The Morgan fingerprint density at radius 3 is 2.67 bits per heavy atom. The minimum Gasteiger partial charge on any atom is -0.375 e. The van der Waals surface area contributed by atoms with Crippen LogP contribution in [0.15, 0.2) is 18.2 Å². The van der Waals surface area contributed by atoms with E-state index in [1.165, 1.54) is 4.90 Å². The van der Waals surface area contributed by atoms with E-state index in [0.29, 0.717) is 26.0 Å². The molecule has 24 heavy (non-hydrogen) atoms. The normalized spacial score (nSPS) is 25.3. The number of amides is 1. The van der Waals surface area contributed by atoms with Crippen LogP contribution in [0.3, 0.4) is 0 Å². The van der Waals surface area contributed by atoms with Crippen molar-refractivity contribution >= 4 is 5.91 Å². The maximum atomic E-state index is 13.4. The minimum absolute atomic E-state index is 0.209. The van der Waals surface area contributed by atoms with Gasteiger partial charge in [0.1, 0.15) is 5.82 Å². The predicted molar refractivity (Wildman–Crippen MR) is 78.6 cm³/mol. The molecule has 0 bridgehead atoms. The number of rotatable bonds is 2. The van der Waals surface area contributed by atoms with Gasteiger partial charge in [0.25, 0.3) is 0 Å². The summed E-state index contributed by atoms with van der Waals surface area (Å²) in [5.74, 6) is -0.948. The van der Waals surface area contributed by atoms with Gasteiger partial charge in [0.15, 0.2) is 0 Å². The number of hydrogen-bond donors (Lipinski definition) is 0. The fraction of sp³-hybridized carbons (Fsp3) is 0.588. The molecule has 1 aromatic carbocycles. The fourth-order valence-electron chi connectivity index (χ4n) is 3.57. The molecule has 2 aliphatic heterocycles. The molecule has 1 amide bonds. The van der Waals surface area contributed by atoms with Crippen LogP contribution in [-0.4, -0.2) is 29.6 Å². The lowest BCUT2D eigenvalue weighted by Crippen LogP contribution is -2.32. The Bertz CT molecular complexity index is 624. The van der Waals surface area contributed by atoms with Crippen LogP contribution in [0.5, 0.6) is 0 Å². The zero-order chi connectivity index (χ0) is 17.4. The summed E-state index contributed by atoms with van der Waals surface area (Å²) in [7, 11) is 0. The summed E-state index contributed by atoms with van der Waals surface area (Å²) in [5, 5.41) is 0. The van der Waals surface area contributed by atoms with Crippen molar-refractivity contribution in [1.29, 1.82) is 0 Å². The molecule has 0 aromatic heterocycles. The van der Waals surface area contributed by atoms with Crippen molar-refractivity contribution in [2.24, 2.45) is 0 Å². The number of benzene rings is 1. The first-order valence-corrected chi connectivity index (χ1v) is 8.06. The van der Waals surface area contributed by atoms with Gasteiger partial charge in [-0.15, -0.1) is 0 Å². The number of carbonyl (C=O) groups is 1. The highest BCUT2D eigenvalue weighted by Crippen LogP contribution is 2.37. The third-order valence-electron chi connectivity index (χ3n) is 4.90. The fourth-order valence-corrected chi connectivity index (χ4v) is 3.57. The maximum absolute atomic E-state index is 13.4. The van der Waals surface area contributed by atoms with Crippen molar-refractivity contribution < 1.29 is 27.1 Å². The summed E-state index contributed by atoms with van der Waals surface area (Å²) in [5.41, 5.74) is -1.42. The van der Waals surface area contributed by atoms with E-state index < -0.39 is 17.6 Å². The van der Waals surface area contributed by atoms with Crippen molar-refractivity contribution in [3.63, 3.8) is 0 Å². The van der Waals surface area contributed by atoms with E-state index in [4.69, 9.17) is 4.74 Å². The summed E-state index contributed by atoms with van der Waals surface area (Å²) in [4.78, 5) is 13.7. The van der Waals surface area contributed by atoms with Crippen molar-refractivity contribution in [2.45, 2.75) is 50.4 Å². The van der Waals surface area contributed by atoms with E-state index in [0.717, 1.165) is 31.0 Å². The van der Waals surface area contributed by atoms with Gasteiger partial charge in [-0.3, -0.25) is 4.79 Å². The number of ether oxygens (including phenoxy) is 1. The summed E-state index contributed by atoms with van der Waals surface area (Å²) >= 11 is 0. The first-order chi connectivity index (χ1) is 11.3. The number of halogens is 4. The Labute approximate surface area is 137 Å². The Balaban J connectivity index is 1.80. The van der Waals surface area contributed by atoms with Crippen molar-refractivity contribution in [1.82, 2.24) is 4.90 Å². The molecular formula is C17H19F4NO2. The summed E-state index contributed by atoms with van der Waals surface area (Å²) in [6, 6.07) is 2.38. The minimum atomic E-state index is -4.58. The van der Waals surface area contributed by atoms with E-state index >= 15 is 0 Å². The van der Waals surface area contributed by atoms with Crippen LogP contribution in [0.4, 0.5) is 17.6 Å². The molecule has 0 radical (unpaired) electrons. The van der Waals surface area contributed by atoms with E-state index in [1.807, 2.05) is 0 Å². The molecule has 2 heterocycles. The SMILES string of the molecule is O=C1CCC2(CCCO2)CCN1Cc1cc(F)ccc1C(F)(F)F. The van der Waals surface area contributed by atoms with Crippen LogP contribution in [0.25, 0.3) is 0 Å². The number of nitrogens with zero attached hydrogens (tertiary/aromatic N) is 1. The van der Waals surface area contributed by atoms with E-state index in [1.54, 1.807) is 0 Å². The van der Waals surface area contributed by atoms with Crippen LogP contribution >= 0.6 is 0 Å². The second kappa shape index (κ2) is 6.35. The number of carbonyl (C=O) groups excluding carboxylic acids is 1. The highest BCUT2D eigenvalue weighted by Gasteiger charge is 2.39. The molecule has 0 saturated carbocycles. The molecule has 132 valence electrons. The molecule has 2 fully saturated rings. The smallest absolute Gasteiger partial charge is 0.375 e. The largest absolute Gasteiger partial charge is 0.416 e. The third-order valence-corrected chi connectivity index (χ3v) is 4.90. The molecule has 0 aliphatic carbocycles. The Morgan fingerprint density at radius 1 is 1.21 bits per heavy atom. The molecule has 2 saturated heterocycles. The van der Waals surface area contributed by atoms with Gasteiger partial charge in [-0.05, 0) is 49.4 Å². The van der Waals surface area contributed by atoms with Crippen LogP contribution in [0, 0.1) is 5.82 Å². The average molecular weight is 345 g/mol. The average Bonchev–Trinajstić information content (AvgIpc) is 2.91. The third kappa shape index (κ3) is 3.55. The molecule has 2 aliphatic rings. The van der Waals surface area contributed by atoms with Crippen LogP contribution in [0.1, 0.15) is 43.2 Å². The molecule has 1 aromatic rings. The van der Waals surface area contributed by atoms with Gasteiger partial charge in [-0.25, -0.2) is 4.39 Å². The van der Waals surface area contributed by atoms with E-state index in [2.05, 4.69) is 0 Å². The standard InChI is InChI=1S/C17H19F4NO2/c18-13-2-3-14(17(19,20)21)12(10-13)11-22-8-7-16(5-1-9-24-16)6-4-15(22)23/h2-3,10H,1,4-9,11H2. The summed E-state index contributed by atoms with van der Waals surface area (Å²) < 4.78 is 58.5. The van der Waals surface area contributed by atoms with Crippen molar-refractivity contribution in [3.05, 3.63) is 35.1 Å². The second-order valence-electron chi connectivity index (χ2n) is 6.50. The Kier molecular flexibility index (Phi) is 4.55. The number of hydrogen-bond acceptors (Lipinski definition) is 2. The van der Waals surface area contributed by atoms with Crippen LogP contribution < -0.4 is 0 Å². The predicted octanol–water partition coefficient (Wildman–Crippen LogP) is 3.91. The zero-order valence-corrected chi connectivity index (χ0v) is 13.2. The molecule has 7 heteroatoms. The van der Waals surface area contributed by atoms with Crippen molar-refractivity contribution in [2.75, 3.05) is 13.2 Å². The monoisotopic (exact) mass is 345 g/mol. The first kappa shape index (κ1) is 17.2. The summed E-state index contributed by atoms with van der Waals surface area (Å²) in [6.07, 6.45) is -1.31. The quantitative estimate of drug-likeness (QED) is 0.761. The number of alkyl halides is 3. The molecule has 1 atom stereocenters. The highest BCUT2D eigenvalue weighted by atomic mass is 19.4. The molecule has 3 rings (SSSR count). The Morgan fingerprint density at radius 2 is 2.00 bits per heavy atom. The van der Waals surface area contributed by atoms with Gasteiger partial charge in [0.2, 0.25) is 5.91 Å². The topological polar surface area (TPSA) is 29.5 Å². The Hall–Kier alpha value is -1.63. The lowest BCUT2D eigenvalue weighted by molar-refractivity contribution is -0.139. The lowest BCUT2D eigenvalue weighted by atomic mass is 9.92. The summed E-state index contributed by atoms with van der Waals surface area (Å²) in [6.45, 7) is 0.754. The van der Waals surface area contributed by atoms with Gasteiger partial charge < -0.3 is 9.64 Å². The van der Waals surface area contributed by atoms with Gasteiger partial charge in [0.05, 0.1) is 11.2 Å². The number of likely N-dealkylation sites (tertiary alicyclic amines) is 1. The van der Waals surface area contributed by atoms with Gasteiger partial charge >= 0.3 is 6.18 Å². The lowest BCUT2D eigenvalue weighted by Gasteiger charge is -2.27. The van der Waals surface area contributed by atoms with Gasteiger partial charge in [-0.2, -0.15) is 13.2 Å².